The van der Waals surface area contributed by atoms with E-state index in [1.165, 1.54) is 0 Å². The van der Waals surface area contributed by atoms with Crippen molar-refractivity contribution >= 4 is 17.0 Å². The quantitative estimate of drug-likeness (QED) is 0.590. The summed E-state index contributed by atoms with van der Waals surface area (Å²) in [7, 11) is 0. The van der Waals surface area contributed by atoms with Crippen molar-refractivity contribution in [3.05, 3.63) is 0 Å². The van der Waals surface area contributed by atoms with E-state index in [0.717, 1.165) is 6.42 Å². The SMILES string of the molecule is O=C1CCC(CCS(=O)O)N1. The van der Waals surface area contributed by atoms with Crippen LogP contribution in [0.4, 0.5) is 0 Å². The summed E-state index contributed by atoms with van der Waals surface area (Å²) >= 11 is -1.72. The van der Waals surface area contributed by atoms with Crippen LogP contribution in [0.25, 0.3) is 0 Å². The van der Waals surface area contributed by atoms with E-state index in [4.69, 9.17) is 4.55 Å². The molecule has 0 aliphatic carbocycles. The van der Waals surface area contributed by atoms with Gasteiger partial charge >= 0.3 is 0 Å². The zero-order valence-electron chi connectivity index (χ0n) is 6.08. The van der Waals surface area contributed by atoms with Gasteiger partial charge in [0.1, 0.15) is 0 Å². The lowest BCUT2D eigenvalue weighted by Crippen LogP contribution is -2.26. The molecule has 1 aliphatic rings. The Balaban J connectivity index is 2.18. The van der Waals surface area contributed by atoms with Crippen LogP contribution in [-0.4, -0.2) is 26.5 Å². The summed E-state index contributed by atoms with van der Waals surface area (Å²) in [6, 6.07) is 0.124. The zero-order chi connectivity index (χ0) is 8.27. The van der Waals surface area contributed by atoms with Crippen LogP contribution in [0.3, 0.4) is 0 Å². The van der Waals surface area contributed by atoms with Gasteiger partial charge in [0.15, 0.2) is 11.1 Å². The van der Waals surface area contributed by atoms with Crippen LogP contribution < -0.4 is 5.32 Å². The minimum absolute atomic E-state index is 0.0544. The topological polar surface area (TPSA) is 66.4 Å². The Labute approximate surface area is 67.6 Å². The average molecular weight is 177 g/mol. The van der Waals surface area contributed by atoms with E-state index in [0.29, 0.717) is 12.8 Å². The highest BCUT2D eigenvalue weighted by atomic mass is 32.2. The minimum Gasteiger partial charge on any atom is -0.353 e. The molecular weight excluding hydrogens is 166 g/mol. The van der Waals surface area contributed by atoms with E-state index < -0.39 is 11.1 Å². The Morgan fingerprint density at radius 2 is 2.45 bits per heavy atom. The zero-order valence-corrected chi connectivity index (χ0v) is 6.89. The van der Waals surface area contributed by atoms with Crippen LogP contribution in [0.2, 0.25) is 0 Å². The Kier molecular flexibility index (Phi) is 3.02. The van der Waals surface area contributed by atoms with Crippen LogP contribution in [0.5, 0.6) is 0 Å². The van der Waals surface area contributed by atoms with Crippen molar-refractivity contribution in [3.8, 4) is 0 Å². The molecule has 1 saturated heterocycles. The molecule has 1 amide bonds. The minimum atomic E-state index is -1.72. The predicted molar refractivity (Wildman–Crippen MR) is 41.4 cm³/mol. The van der Waals surface area contributed by atoms with Gasteiger partial charge in [-0.05, 0) is 12.8 Å². The Morgan fingerprint density at radius 3 is 2.91 bits per heavy atom. The van der Waals surface area contributed by atoms with Crippen molar-refractivity contribution in [1.82, 2.24) is 5.32 Å². The van der Waals surface area contributed by atoms with Gasteiger partial charge in [-0.15, -0.1) is 0 Å². The average Bonchev–Trinajstić information content (AvgIpc) is 2.31. The van der Waals surface area contributed by atoms with Crippen molar-refractivity contribution in [3.63, 3.8) is 0 Å². The molecule has 64 valence electrons. The summed E-state index contributed by atoms with van der Waals surface area (Å²) in [5, 5.41) is 2.72. The van der Waals surface area contributed by atoms with E-state index in [-0.39, 0.29) is 17.7 Å². The summed E-state index contributed by atoms with van der Waals surface area (Å²) in [6.45, 7) is 0. The summed E-state index contributed by atoms with van der Waals surface area (Å²) in [4.78, 5) is 10.6. The van der Waals surface area contributed by atoms with Gasteiger partial charge in [-0.1, -0.05) is 0 Å². The molecule has 5 heteroatoms. The molecule has 0 spiro atoms. The molecule has 1 rings (SSSR count). The van der Waals surface area contributed by atoms with Crippen LogP contribution >= 0.6 is 0 Å². The first-order valence-electron chi connectivity index (χ1n) is 3.55. The Bertz CT molecular complexity index is 183. The molecule has 0 radical (unpaired) electrons. The maximum Gasteiger partial charge on any atom is 0.220 e. The van der Waals surface area contributed by atoms with E-state index in [9.17, 15) is 9.00 Å². The van der Waals surface area contributed by atoms with Gasteiger partial charge in [0.05, 0.1) is 5.75 Å². The van der Waals surface area contributed by atoms with Crippen molar-refractivity contribution in [2.45, 2.75) is 25.3 Å². The second-order valence-electron chi connectivity index (χ2n) is 2.62. The molecular formula is C6H11NO3S. The van der Waals surface area contributed by atoms with Crippen LogP contribution in [0, 0.1) is 0 Å². The molecule has 1 fully saturated rings. The Hall–Kier alpha value is -0.420. The van der Waals surface area contributed by atoms with Crippen molar-refractivity contribution in [1.29, 1.82) is 0 Å². The normalized spacial score (nSPS) is 26.6. The number of carbonyl (C=O) groups excluding carboxylic acids is 1. The van der Waals surface area contributed by atoms with Crippen molar-refractivity contribution in [2.75, 3.05) is 5.75 Å². The molecule has 0 saturated carbocycles. The van der Waals surface area contributed by atoms with Gasteiger partial charge in [0.25, 0.3) is 0 Å². The highest BCUT2D eigenvalue weighted by Gasteiger charge is 2.20. The largest absolute Gasteiger partial charge is 0.353 e. The molecule has 0 aromatic carbocycles. The lowest BCUT2D eigenvalue weighted by Gasteiger charge is -2.06. The number of carbonyl (C=O) groups is 1. The summed E-state index contributed by atoms with van der Waals surface area (Å²) in [5.41, 5.74) is 0. The summed E-state index contributed by atoms with van der Waals surface area (Å²) < 4.78 is 18.7. The molecule has 1 aliphatic heterocycles. The maximum atomic E-state index is 10.6. The van der Waals surface area contributed by atoms with Gasteiger partial charge in [0, 0.05) is 12.5 Å². The number of rotatable bonds is 3. The van der Waals surface area contributed by atoms with Gasteiger partial charge in [0.2, 0.25) is 5.91 Å². The van der Waals surface area contributed by atoms with Crippen LogP contribution in [0.15, 0.2) is 0 Å². The maximum absolute atomic E-state index is 10.6. The van der Waals surface area contributed by atoms with Gasteiger partial charge in [-0.25, -0.2) is 4.21 Å². The molecule has 0 aromatic heterocycles. The first kappa shape index (κ1) is 8.67. The fourth-order valence-electron chi connectivity index (χ4n) is 1.14. The molecule has 2 atom stereocenters. The van der Waals surface area contributed by atoms with Gasteiger partial charge < -0.3 is 9.87 Å². The van der Waals surface area contributed by atoms with Crippen molar-refractivity contribution in [2.24, 2.45) is 0 Å². The number of amides is 1. The van der Waals surface area contributed by atoms with Crippen LogP contribution in [-0.2, 0) is 15.9 Å². The van der Waals surface area contributed by atoms with Gasteiger partial charge in [-0.2, -0.15) is 0 Å². The van der Waals surface area contributed by atoms with E-state index in [1.54, 1.807) is 0 Å². The fraction of sp³-hybridized carbons (Fsp3) is 0.833. The second kappa shape index (κ2) is 3.82. The molecule has 2 unspecified atom stereocenters. The predicted octanol–water partition coefficient (Wildman–Crippen LogP) is -0.123. The number of hydrogen-bond donors (Lipinski definition) is 2. The van der Waals surface area contributed by atoms with E-state index in [2.05, 4.69) is 5.32 Å². The number of hydrogen-bond acceptors (Lipinski definition) is 2. The first-order chi connectivity index (χ1) is 5.18. The monoisotopic (exact) mass is 177 g/mol. The first-order valence-corrected chi connectivity index (χ1v) is 4.83. The lowest BCUT2D eigenvalue weighted by molar-refractivity contribution is -0.119. The standard InChI is InChI=1S/C6H11NO3S/c8-6-2-1-5(7-6)3-4-11(9)10/h5H,1-4H2,(H,7,8)(H,9,10). The smallest absolute Gasteiger partial charge is 0.220 e. The molecule has 1 heterocycles. The highest BCUT2D eigenvalue weighted by molar-refractivity contribution is 7.79. The molecule has 2 N–H and O–H groups in total. The van der Waals surface area contributed by atoms with Gasteiger partial charge in [-0.3, -0.25) is 4.79 Å². The lowest BCUT2D eigenvalue weighted by atomic mass is 10.2. The second-order valence-corrected chi connectivity index (χ2v) is 3.67. The number of nitrogens with one attached hydrogen (secondary N) is 1. The molecule has 4 nitrogen and oxygen atoms in total. The van der Waals surface area contributed by atoms with E-state index >= 15 is 0 Å². The third kappa shape index (κ3) is 2.98. The van der Waals surface area contributed by atoms with Crippen molar-refractivity contribution < 1.29 is 13.6 Å². The highest BCUT2D eigenvalue weighted by Crippen LogP contribution is 2.09. The molecule has 0 bridgehead atoms. The Morgan fingerprint density at radius 1 is 1.73 bits per heavy atom. The third-order valence-corrected chi connectivity index (χ3v) is 2.31. The molecule has 0 aromatic rings. The van der Waals surface area contributed by atoms with E-state index in [1.807, 2.05) is 0 Å². The fourth-order valence-corrected chi connectivity index (χ4v) is 1.62. The molecule has 11 heavy (non-hydrogen) atoms. The summed E-state index contributed by atoms with van der Waals surface area (Å²) in [5.74, 6) is 0.309. The summed E-state index contributed by atoms with van der Waals surface area (Å²) in [6.07, 6.45) is 1.97. The third-order valence-electron chi connectivity index (χ3n) is 1.73. The van der Waals surface area contributed by atoms with Crippen LogP contribution in [0.1, 0.15) is 19.3 Å².